The first kappa shape index (κ1) is 15.8. The van der Waals surface area contributed by atoms with Gasteiger partial charge in [0, 0.05) is 4.90 Å². The van der Waals surface area contributed by atoms with Gasteiger partial charge < -0.3 is 5.11 Å². The van der Waals surface area contributed by atoms with Crippen molar-refractivity contribution in [3.63, 3.8) is 0 Å². The third kappa shape index (κ3) is 2.58. The molecule has 0 aliphatic carbocycles. The Morgan fingerprint density at radius 1 is 0.731 bits per heavy atom. The van der Waals surface area contributed by atoms with E-state index in [-0.39, 0.29) is 5.75 Å². The van der Waals surface area contributed by atoms with E-state index in [1.807, 2.05) is 60.7 Å². The molecule has 0 aliphatic heterocycles. The molecule has 0 unspecified atom stereocenters. The second kappa shape index (κ2) is 6.09. The summed E-state index contributed by atoms with van der Waals surface area (Å²) in [7, 11) is 0. The van der Waals surface area contributed by atoms with Gasteiger partial charge in [0.1, 0.15) is 15.8 Å². The number of phenolic OH excluding ortho intramolecular Hbond substituents is 1. The fraction of sp³-hybridized carbons (Fsp3) is 0. The van der Waals surface area contributed by atoms with Crippen molar-refractivity contribution < 1.29 is 5.11 Å². The molecule has 0 radical (unpaired) electrons. The molecular formula is C20H12N2OS3. The van der Waals surface area contributed by atoms with E-state index in [4.69, 9.17) is 0 Å². The van der Waals surface area contributed by atoms with Crippen molar-refractivity contribution in [2.24, 2.45) is 0 Å². The van der Waals surface area contributed by atoms with E-state index >= 15 is 0 Å². The first-order valence-electron chi connectivity index (χ1n) is 7.97. The minimum atomic E-state index is 0.195. The topological polar surface area (TPSA) is 46.0 Å². The predicted octanol–water partition coefficient (Wildman–Crippen LogP) is 6.23. The lowest BCUT2D eigenvalue weighted by Gasteiger charge is -2.07. The van der Waals surface area contributed by atoms with Crippen LogP contribution in [0.15, 0.2) is 65.6 Å². The number of rotatable bonds is 2. The molecule has 0 amide bonds. The number of thiol groups is 1. The number of hydrogen-bond acceptors (Lipinski definition) is 6. The van der Waals surface area contributed by atoms with E-state index in [1.54, 1.807) is 22.7 Å². The Balaban J connectivity index is 1.72. The molecule has 6 heteroatoms. The van der Waals surface area contributed by atoms with E-state index in [2.05, 4.69) is 22.6 Å². The molecule has 1 N–H and O–H groups in total. The van der Waals surface area contributed by atoms with Crippen LogP contribution < -0.4 is 0 Å². The van der Waals surface area contributed by atoms with Gasteiger partial charge in [-0.1, -0.05) is 24.3 Å². The van der Waals surface area contributed by atoms with Gasteiger partial charge in [-0.05, 0) is 36.4 Å². The van der Waals surface area contributed by atoms with Crippen molar-refractivity contribution in [3.8, 4) is 26.9 Å². The summed E-state index contributed by atoms with van der Waals surface area (Å²) < 4.78 is 2.18. The van der Waals surface area contributed by atoms with Crippen LogP contribution in [0.25, 0.3) is 41.6 Å². The normalized spacial score (nSPS) is 11.4. The fourth-order valence-corrected chi connectivity index (χ4v) is 5.14. The van der Waals surface area contributed by atoms with Crippen molar-refractivity contribution >= 4 is 55.7 Å². The monoisotopic (exact) mass is 392 g/mol. The zero-order valence-corrected chi connectivity index (χ0v) is 15.9. The summed E-state index contributed by atoms with van der Waals surface area (Å²) in [5.41, 5.74) is 3.23. The molecule has 0 bridgehead atoms. The Labute approximate surface area is 163 Å². The third-order valence-electron chi connectivity index (χ3n) is 4.14. The highest BCUT2D eigenvalue weighted by atomic mass is 32.1. The Morgan fingerprint density at radius 3 is 1.65 bits per heavy atom. The maximum Gasteiger partial charge on any atom is 0.136 e. The van der Waals surface area contributed by atoms with Gasteiger partial charge in [0.15, 0.2) is 0 Å². The highest BCUT2D eigenvalue weighted by Crippen LogP contribution is 2.44. The van der Waals surface area contributed by atoms with Crippen LogP contribution in [0.4, 0.5) is 0 Å². The largest absolute Gasteiger partial charge is 0.506 e. The number of thiazole rings is 2. The van der Waals surface area contributed by atoms with Gasteiger partial charge in [0.2, 0.25) is 0 Å². The van der Waals surface area contributed by atoms with Crippen LogP contribution in [0.2, 0.25) is 0 Å². The number of aromatic nitrogens is 2. The summed E-state index contributed by atoms with van der Waals surface area (Å²) in [6.45, 7) is 0. The number of para-hydroxylation sites is 2. The summed E-state index contributed by atoms with van der Waals surface area (Å²) in [5.74, 6) is 0.195. The molecule has 0 saturated heterocycles. The molecule has 26 heavy (non-hydrogen) atoms. The SMILES string of the molecule is Oc1c(-c2nc3ccccc3s2)cc(S)cc1-c1nc2ccccc2s1. The van der Waals surface area contributed by atoms with Gasteiger partial charge in [0.05, 0.1) is 31.6 Å². The second-order valence-corrected chi connectivity index (χ2v) is 8.44. The number of nitrogens with zero attached hydrogens (tertiary/aromatic N) is 2. The van der Waals surface area contributed by atoms with E-state index in [1.165, 1.54) is 0 Å². The quantitative estimate of drug-likeness (QED) is 0.350. The lowest BCUT2D eigenvalue weighted by Crippen LogP contribution is -1.84. The summed E-state index contributed by atoms with van der Waals surface area (Å²) in [6, 6.07) is 19.6. The highest BCUT2D eigenvalue weighted by molar-refractivity contribution is 7.80. The number of hydrogen-bond donors (Lipinski definition) is 2. The van der Waals surface area contributed by atoms with Gasteiger partial charge >= 0.3 is 0 Å². The maximum atomic E-state index is 11.0. The van der Waals surface area contributed by atoms with Crippen molar-refractivity contribution in [1.82, 2.24) is 9.97 Å². The molecule has 3 nitrogen and oxygen atoms in total. The standard InChI is InChI=1S/C20H12N2OS3/c23-18-12(19-21-14-5-1-3-7-16(14)25-19)9-11(24)10-13(18)20-22-15-6-2-4-8-17(15)26-20/h1-10,23-24H. The minimum absolute atomic E-state index is 0.195. The Morgan fingerprint density at radius 2 is 1.19 bits per heavy atom. The molecule has 2 aromatic heterocycles. The predicted molar refractivity (Wildman–Crippen MR) is 113 cm³/mol. The van der Waals surface area contributed by atoms with Crippen molar-refractivity contribution in [3.05, 3.63) is 60.7 Å². The summed E-state index contributed by atoms with van der Waals surface area (Å²) in [5, 5.41) is 12.5. The highest BCUT2D eigenvalue weighted by Gasteiger charge is 2.18. The van der Waals surface area contributed by atoms with Gasteiger partial charge in [0.25, 0.3) is 0 Å². The van der Waals surface area contributed by atoms with E-state index in [0.717, 1.165) is 35.3 Å². The summed E-state index contributed by atoms with van der Waals surface area (Å²) in [6.07, 6.45) is 0. The Kier molecular flexibility index (Phi) is 3.70. The summed E-state index contributed by atoms with van der Waals surface area (Å²) in [4.78, 5) is 10.1. The molecule has 3 aromatic carbocycles. The Hall–Kier alpha value is -2.41. The zero-order chi connectivity index (χ0) is 17.7. The average Bonchev–Trinajstić information content (AvgIpc) is 3.26. The minimum Gasteiger partial charge on any atom is -0.506 e. The number of phenols is 1. The lowest BCUT2D eigenvalue weighted by atomic mass is 10.1. The van der Waals surface area contributed by atoms with Crippen LogP contribution >= 0.6 is 35.3 Å². The number of benzene rings is 3. The first-order chi connectivity index (χ1) is 12.7. The van der Waals surface area contributed by atoms with Gasteiger partial charge in [-0.25, -0.2) is 9.97 Å². The average molecular weight is 393 g/mol. The van der Waals surface area contributed by atoms with Crippen LogP contribution in [-0.2, 0) is 0 Å². The molecule has 0 atom stereocenters. The fourth-order valence-electron chi connectivity index (χ4n) is 2.92. The van der Waals surface area contributed by atoms with E-state index < -0.39 is 0 Å². The maximum absolute atomic E-state index is 11.0. The van der Waals surface area contributed by atoms with Crippen LogP contribution in [0.3, 0.4) is 0 Å². The van der Waals surface area contributed by atoms with Crippen LogP contribution in [0, 0.1) is 0 Å². The first-order valence-corrected chi connectivity index (χ1v) is 10.0. The molecule has 2 heterocycles. The van der Waals surface area contributed by atoms with E-state index in [0.29, 0.717) is 11.1 Å². The van der Waals surface area contributed by atoms with Gasteiger partial charge in [-0.15, -0.1) is 35.3 Å². The van der Waals surface area contributed by atoms with Crippen molar-refractivity contribution in [1.29, 1.82) is 0 Å². The molecule has 126 valence electrons. The van der Waals surface area contributed by atoms with Crippen LogP contribution in [0.1, 0.15) is 0 Å². The molecule has 5 aromatic rings. The molecule has 0 saturated carbocycles. The Bertz CT molecular complexity index is 1110. The van der Waals surface area contributed by atoms with Gasteiger partial charge in [-0.2, -0.15) is 0 Å². The number of fused-ring (bicyclic) bond motifs is 2. The molecule has 5 rings (SSSR count). The second-order valence-electron chi connectivity index (χ2n) is 5.86. The molecule has 0 fully saturated rings. The van der Waals surface area contributed by atoms with Crippen LogP contribution in [-0.4, -0.2) is 15.1 Å². The smallest absolute Gasteiger partial charge is 0.136 e. The lowest BCUT2D eigenvalue weighted by molar-refractivity contribution is 0.479. The van der Waals surface area contributed by atoms with Crippen LogP contribution in [0.5, 0.6) is 5.75 Å². The zero-order valence-electron chi connectivity index (χ0n) is 13.4. The van der Waals surface area contributed by atoms with E-state index in [9.17, 15) is 5.11 Å². The third-order valence-corrected chi connectivity index (χ3v) is 6.54. The summed E-state index contributed by atoms with van der Waals surface area (Å²) >= 11 is 7.66. The van der Waals surface area contributed by atoms with Crippen molar-refractivity contribution in [2.75, 3.05) is 0 Å². The molecule has 0 spiro atoms. The van der Waals surface area contributed by atoms with Crippen molar-refractivity contribution in [2.45, 2.75) is 4.90 Å². The molecule has 0 aliphatic rings. The number of aromatic hydroxyl groups is 1. The van der Waals surface area contributed by atoms with Gasteiger partial charge in [-0.3, -0.25) is 0 Å². The molecular weight excluding hydrogens is 380 g/mol.